The fourth-order valence-corrected chi connectivity index (χ4v) is 0.937. The van der Waals surface area contributed by atoms with E-state index in [0.717, 1.165) is 0 Å². The molecule has 0 heterocycles. The fraction of sp³-hybridized carbons (Fsp3) is 0. The molecule has 0 fully saturated rings. The Morgan fingerprint density at radius 2 is 1.75 bits per heavy atom. The molecule has 5 heteroatoms. The van der Waals surface area contributed by atoms with Gasteiger partial charge in [0.1, 0.15) is 5.82 Å². The molecular formula is C7H4BrCl2FZn. The third kappa shape index (κ3) is 3.22. The second kappa shape index (κ2) is 6.20. The summed E-state index contributed by atoms with van der Waals surface area (Å²) in [6.07, 6.45) is 0. The molecule has 0 N–H and O–H groups in total. The molecule has 0 aromatic heterocycles. The van der Waals surface area contributed by atoms with Crippen LogP contribution in [0.15, 0.2) is 12.1 Å². The van der Waals surface area contributed by atoms with Gasteiger partial charge >= 0.3 is 19.5 Å². The van der Waals surface area contributed by atoms with Gasteiger partial charge in [-0.05, 0) is 5.02 Å². The molecule has 0 nitrogen and oxygen atoms in total. The van der Waals surface area contributed by atoms with E-state index in [1.807, 2.05) is 0 Å². The van der Waals surface area contributed by atoms with Crippen molar-refractivity contribution in [1.82, 2.24) is 0 Å². The normalized spacial score (nSPS) is 8.25. The van der Waals surface area contributed by atoms with Gasteiger partial charge in [0, 0.05) is 0 Å². The number of benzene rings is 1. The minimum Gasteiger partial charge on any atom is -1.00 e. The summed E-state index contributed by atoms with van der Waals surface area (Å²) in [5.41, 5.74) is 0.448. The van der Waals surface area contributed by atoms with Crippen molar-refractivity contribution in [3.8, 4) is 0 Å². The molecule has 0 aliphatic rings. The molecule has 1 aromatic carbocycles. The second-order valence-corrected chi connectivity index (χ2v) is 2.62. The van der Waals surface area contributed by atoms with Gasteiger partial charge in [-0.3, -0.25) is 0 Å². The maximum Gasteiger partial charge on any atom is 2.00 e. The zero-order valence-electron chi connectivity index (χ0n) is 6.08. The smallest absolute Gasteiger partial charge is 1.00 e. The van der Waals surface area contributed by atoms with Crippen molar-refractivity contribution in [1.29, 1.82) is 0 Å². The number of hydrogen-bond donors (Lipinski definition) is 0. The van der Waals surface area contributed by atoms with E-state index in [1.54, 1.807) is 6.07 Å². The molecule has 12 heavy (non-hydrogen) atoms. The van der Waals surface area contributed by atoms with Gasteiger partial charge in [0.05, 0.1) is 5.02 Å². The molecule has 1 aromatic rings. The van der Waals surface area contributed by atoms with Crippen molar-refractivity contribution in [2.45, 2.75) is 0 Å². The van der Waals surface area contributed by atoms with Gasteiger partial charge in [-0.1, -0.05) is 17.7 Å². The van der Waals surface area contributed by atoms with E-state index in [4.69, 9.17) is 23.2 Å². The standard InChI is InChI=1S/C7H4Cl2F.BrH.Zn/c1-4-2-3-5(8)7(10)6(4)9;;/h2-3H,1H2;1H;/q-1;;+2/p-1. The molecule has 0 spiro atoms. The first-order chi connectivity index (χ1) is 4.63. The summed E-state index contributed by atoms with van der Waals surface area (Å²) in [7, 11) is 0. The van der Waals surface area contributed by atoms with Crippen molar-refractivity contribution in [3.63, 3.8) is 0 Å². The zero-order chi connectivity index (χ0) is 7.72. The van der Waals surface area contributed by atoms with Crippen LogP contribution < -0.4 is 17.0 Å². The van der Waals surface area contributed by atoms with Crippen molar-refractivity contribution in [2.75, 3.05) is 0 Å². The Bertz CT molecular complexity index is 241. The summed E-state index contributed by atoms with van der Waals surface area (Å²) in [5, 5.41) is 0.0184. The summed E-state index contributed by atoms with van der Waals surface area (Å²) in [6.45, 7) is 3.49. The predicted molar refractivity (Wildman–Crippen MR) is 40.9 cm³/mol. The predicted octanol–water partition coefficient (Wildman–Crippen LogP) is 0.316. The fourth-order valence-electron chi connectivity index (χ4n) is 0.566. The first-order valence-electron chi connectivity index (χ1n) is 2.58. The average Bonchev–Trinajstić information content (AvgIpc) is 1.93. The maximum absolute atomic E-state index is 12.7. The second-order valence-electron chi connectivity index (χ2n) is 1.83. The first kappa shape index (κ1) is 15.2. The maximum atomic E-state index is 12.7. The summed E-state index contributed by atoms with van der Waals surface area (Å²) in [6, 6.07) is 2.98. The molecule has 1 rings (SSSR count). The molecule has 0 unspecified atom stereocenters. The Labute approximate surface area is 104 Å². The van der Waals surface area contributed by atoms with E-state index >= 15 is 0 Å². The van der Waals surface area contributed by atoms with Crippen LogP contribution in [0.25, 0.3) is 0 Å². The minimum atomic E-state index is -0.601. The Kier molecular flexibility index (Phi) is 7.85. The molecular weight excluding hydrogens is 319 g/mol. The average molecular weight is 323 g/mol. The van der Waals surface area contributed by atoms with Gasteiger partial charge in [0.2, 0.25) is 0 Å². The van der Waals surface area contributed by atoms with Crippen LogP contribution in [0.3, 0.4) is 0 Å². The van der Waals surface area contributed by atoms with Crippen LogP contribution in [0.5, 0.6) is 0 Å². The van der Waals surface area contributed by atoms with Crippen LogP contribution in [0.4, 0.5) is 4.39 Å². The molecule has 0 aliphatic carbocycles. The van der Waals surface area contributed by atoms with E-state index in [1.165, 1.54) is 6.07 Å². The van der Waals surface area contributed by atoms with E-state index in [0.29, 0.717) is 5.56 Å². The monoisotopic (exact) mass is 320 g/mol. The third-order valence-corrected chi connectivity index (χ3v) is 1.82. The SMILES string of the molecule is [Br-].[CH2-]c1ccc(Cl)c(F)c1Cl.[Zn+2]. The number of hydrogen-bond acceptors (Lipinski definition) is 0. The van der Waals surface area contributed by atoms with Crippen LogP contribution in [-0.4, -0.2) is 0 Å². The molecule has 0 amide bonds. The third-order valence-electron chi connectivity index (χ3n) is 1.12. The summed E-state index contributed by atoms with van der Waals surface area (Å²) in [5.74, 6) is -0.601. The Morgan fingerprint density at radius 3 is 2.17 bits per heavy atom. The molecule has 0 bridgehead atoms. The van der Waals surface area contributed by atoms with Crippen molar-refractivity contribution < 1.29 is 40.8 Å². The van der Waals surface area contributed by atoms with Crippen LogP contribution in [-0.2, 0) is 19.5 Å². The molecule has 0 radical (unpaired) electrons. The van der Waals surface area contributed by atoms with Gasteiger partial charge in [0.25, 0.3) is 0 Å². The Balaban J connectivity index is 0. The first-order valence-corrected chi connectivity index (χ1v) is 3.34. The van der Waals surface area contributed by atoms with Gasteiger partial charge in [-0.25, -0.2) is 4.39 Å². The topological polar surface area (TPSA) is 0 Å². The van der Waals surface area contributed by atoms with Crippen molar-refractivity contribution in [3.05, 3.63) is 40.5 Å². The van der Waals surface area contributed by atoms with Gasteiger partial charge < -0.3 is 17.0 Å². The Morgan fingerprint density at radius 1 is 1.25 bits per heavy atom. The summed E-state index contributed by atoms with van der Waals surface area (Å²) >= 11 is 10.9. The van der Waals surface area contributed by atoms with Crippen LogP contribution in [0.1, 0.15) is 5.56 Å². The van der Waals surface area contributed by atoms with Crippen molar-refractivity contribution in [2.24, 2.45) is 0 Å². The van der Waals surface area contributed by atoms with E-state index in [9.17, 15) is 4.39 Å². The number of rotatable bonds is 0. The molecule has 0 atom stereocenters. The summed E-state index contributed by atoms with van der Waals surface area (Å²) in [4.78, 5) is 0. The number of halogens is 4. The van der Waals surface area contributed by atoms with E-state index in [-0.39, 0.29) is 46.5 Å². The minimum absolute atomic E-state index is 0. The van der Waals surface area contributed by atoms with Gasteiger partial charge in [0.15, 0.2) is 0 Å². The quantitative estimate of drug-likeness (QED) is 0.366. The molecule has 0 aliphatic heterocycles. The van der Waals surface area contributed by atoms with Gasteiger partial charge in [-0.15, -0.1) is 0 Å². The summed E-state index contributed by atoms with van der Waals surface area (Å²) < 4.78 is 12.7. The van der Waals surface area contributed by atoms with Crippen LogP contribution in [0, 0.1) is 12.7 Å². The van der Waals surface area contributed by atoms with Gasteiger partial charge in [-0.2, -0.15) is 30.2 Å². The zero-order valence-corrected chi connectivity index (χ0v) is 12.1. The van der Waals surface area contributed by atoms with E-state index < -0.39 is 5.82 Å². The largest absolute Gasteiger partial charge is 2.00 e. The van der Waals surface area contributed by atoms with Crippen LogP contribution in [0.2, 0.25) is 10.0 Å². The molecule has 0 saturated heterocycles. The molecule has 62 valence electrons. The van der Waals surface area contributed by atoms with E-state index in [2.05, 4.69) is 6.92 Å². The van der Waals surface area contributed by atoms with Crippen molar-refractivity contribution >= 4 is 23.2 Å². The Hall–Kier alpha value is 0.703. The molecule has 0 saturated carbocycles. The van der Waals surface area contributed by atoms with Crippen LogP contribution >= 0.6 is 23.2 Å².